The van der Waals surface area contributed by atoms with Crippen molar-refractivity contribution in [3.63, 3.8) is 0 Å². The van der Waals surface area contributed by atoms with Crippen molar-refractivity contribution < 1.29 is 22.7 Å². The standard InChI is InChI=1S/C21H22ClF3N2O2/c22-17-8-10-18(11-9-17)26-20(28)29-19(21(23,24)25)14-27-12-4-7-16(13-27)15-5-2-1-3-6-15/h1-3,5-6,8-11,16,19H,4,7,12-14H2,(H,26,28)/t16-,19+/m1/s1. The van der Waals surface area contributed by atoms with E-state index in [0.29, 0.717) is 23.8 Å². The maximum atomic E-state index is 13.5. The summed E-state index contributed by atoms with van der Waals surface area (Å²) < 4.78 is 45.2. The Kier molecular flexibility index (Phi) is 7.03. The third-order valence-electron chi connectivity index (χ3n) is 4.91. The number of carbonyl (C=O) groups is 1. The molecule has 1 amide bonds. The van der Waals surface area contributed by atoms with Crippen molar-refractivity contribution in [2.45, 2.75) is 31.0 Å². The summed E-state index contributed by atoms with van der Waals surface area (Å²) in [6.07, 6.45) is -6.29. The summed E-state index contributed by atoms with van der Waals surface area (Å²) in [6, 6.07) is 15.8. The van der Waals surface area contributed by atoms with E-state index in [1.807, 2.05) is 30.3 Å². The van der Waals surface area contributed by atoms with Crippen LogP contribution in [0.5, 0.6) is 0 Å². The summed E-state index contributed by atoms with van der Waals surface area (Å²) >= 11 is 5.76. The van der Waals surface area contributed by atoms with Gasteiger partial charge in [-0.3, -0.25) is 10.2 Å². The molecule has 0 unspecified atom stereocenters. The van der Waals surface area contributed by atoms with E-state index in [1.54, 1.807) is 4.90 Å². The average molecular weight is 427 g/mol. The summed E-state index contributed by atoms with van der Waals surface area (Å²) in [5.41, 5.74) is 1.42. The lowest BCUT2D eigenvalue weighted by Crippen LogP contribution is -2.47. The minimum atomic E-state index is -4.66. The van der Waals surface area contributed by atoms with Gasteiger partial charge in [0.15, 0.2) is 0 Å². The fourth-order valence-electron chi connectivity index (χ4n) is 3.47. The van der Waals surface area contributed by atoms with Crippen LogP contribution in [0.2, 0.25) is 5.02 Å². The lowest BCUT2D eigenvalue weighted by atomic mass is 9.90. The van der Waals surface area contributed by atoms with Gasteiger partial charge in [0.2, 0.25) is 6.10 Å². The number of anilines is 1. The third kappa shape index (κ3) is 6.37. The zero-order valence-corrected chi connectivity index (χ0v) is 16.4. The molecule has 0 saturated carbocycles. The molecule has 0 spiro atoms. The number of carbonyl (C=O) groups excluding carboxylic acids is 1. The largest absolute Gasteiger partial charge is 0.435 e. The smallest absolute Gasteiger partial charge is 0.426 e. The Morgan fingerprint density at radius 2 is 1.86 bits per heavy atom. The first kappa shape index (κ1) is 21.5. The van der Waals surface area contributed by atoms with Crippen molar-refractivity contribution in [3.05, 3.63) is 65.2 Å². The molecule has 29 heavy (non-hydrogen) atoms. The van der Waals surface area contributed by atoms with Crippen molar-refractivity contribution in [1.29, 1.82) is 0 Å². The number of piperidine rings is 1. The molecule has 0 radical (unpaired) electrons. The maximum absolute atomic E-state index is 13.5. The molecule has 156 valence electrons. The number of amides is 1. The van der Waals surface area contributed by atoms with Gasteiger partial charge in [0, 0.05) is 23.8 Å². The fourth-order valence-corrected chi connectivity index (χ4v) is 3.60. The number of alkyl halides is 3. The second kappa shape index (κ2) is 9.50. The Labute approximate surface area is 172 Å². The highest BCUT2D eigenvalue weighted by atomic mass is 35.5. The van der Waals surface area contributed by atoms with Gasteiger partial charge < -0.3 is 4.74 Å². The molecule has 2 aromatic carbocycles. The molecule has 1 fully saturated rings. The van der Waals surface area contributed by atoms with Crippen molar-refractivity contribution in [3.8, 4) is 0 Å². The first-order chi connectivity index (χ1) is 13.8. The molecule has 8 heteroatoms. The van der Waals surface area contributed by atoms with Gasteiger partial charge in [-0.05, 0) is 55.1 Å². The van der Waals surface area contributed by atoms with Crippen molar-refractivity contribution in [2.75, 3.05) is 25.0 Å². The van der Waals surface area contributed by atoms with Gasteiger partial charge in [0.05, 0.1) is 0 Å². The summed E-state index contributed by atoms with van der Waals surface area (Å²) in [5.74, 6) is 0.168. The second-order valence-corrected chi connectivity index (χ2v) is 7.51. The van der Waals surface area contributed by atoms with E-state index in [4.69, 9.17) is 16.3 Å². The zero-order valence-electron chi connectivity index (χ0n) is 15.7. The first-order valence-electron chi connectivity index (χ1n) is 9.38. The number of hydrogen-bond donors (Lipinski definition) is 1. The third-order valence-corrected chi connectivity index (χ3v) is 5.16. The fraction of sp³-hybridized carbons (Fsp3) is 0.381. The van der Waals surface area contributed by atoms with E-state index in [1.165, 1.54) is 24.3 Å². The number of nitrogens with one attached hydrogen (secondary N) is 1. The number of ether oxygens (including phenoxy) is 1. The van der Waals surface area contributed by atoms with Crippen LogP contribution in [0.1, 0.15) is 24.3 Å². The summed E-state index contributed by atoms with van der Waals surface area (Å²) in [5, 5.41) is 2.76. The molecular weight excluding hydrogens is 405 g/mol. The molecule has 4 nitrogen and oxygen atoms in total. The Hall–Kier alpha value is -2.25. The van der Waals surface area contributed by atoms with Crippen LogP contribution in [-0.4, -0.2) is 42.9 Å². The lowest BCUT2D eigenvalue weighted by Gasteiger charge is -2.35. The summed E-state index contributed by atoms with van der Waals surface area (Å²) in [7, 11) is 0. The monoisotopic (exact) mass is 426 g/mol. The quantitative estimate of drug-likeness (QED) is 0.666. The summed E-state index contributed by atoms with van der Waals surface area (Å²) in [6.45, 7) is 0.651. The van der Waals surface area contributed by atoms with Gasteiger partial charge in [0.25, 0.3) is 0 Å². The maximum Gasteiger partial charge on any atom is 0.426 e. The van der Waals surface area contributed by atoms with E-state index in [0.717, 1.165) is 18.4 Å². The van der Waals surface area contributed by atoms with E-state index < -0.39 is 18.4 Å². The summed E-state index contributed by atoms with van der Waals surface area (Å²) in [4.78, 5) is 13.7. The normalized spacial score (nSPS) is 18.8. The topological polar surface area (TPSA) is 41.6 Å². The predicted molar refractivity (Wildman–Crippen MR) is 106 cm³/mol. The molecule has 0 aromatic heterocycles. The number of rotatable bonds is 5. The number of halogens is 4. The van der Waals surface area contributed by atoms with Crippen LogP contribution in [-0.2, 0) is 4.74 Å². The Balaban J connectivity index is 1.61. The highest BCUT2D eigenvalue weighted by Gasteiger charge is 2.44. The molecule has 1 N–H and O–H groups in total. The van der Waals surface area contributed by atoms with Crippen LogP contribution in [0, 0.1) is 0 Å². The van der Waals surface area contributed by atoms with Gasteiger partial charge in [-0.2, -0.15) is 13.2 Å². The number of hydrogen-bond acceptors (Lipinski definition) is 3. The minimum Gasteiger partial charge on any atom is -0.435 e. The Bertz CT molecular complexity index is 800. The molecule has 1 heterocycles. The first-order valence-corrected chi connectivity index (χ1v) is 9.76. The zero-order chi connectivity index (χ0) is 20.9. The van der Waals surface area contributed by atoms with Gasteiger partial charge >= 0.3 is 12.3 Å². The van der Waals surface area contributed by atoms with Crippen molar-refractivity contribution in [1.82, 2.24) is 4.90 Å². The second-order valence-electron chi connectivity index (χ2n) is 7.08. The van der Waals surface area contributed by atoms with Gasteiger partial charge in [0.1, 0.15) is 0 Å². The SMILES string of the molecule is O=C(Nc1ccc(Cl)cc1)O[C@@H](CN1CCC[C@@H](c2ccccc2)C1)C(F)(F)F. The van der Waals surface area contributed by atoms with Gasteiger partial charge in [-0.1, -0.05) is 41.9 Å². The van der Waals surface area contributed by atoms with Crippen LogP contribution in [0.15, 0.2) is 54.6 Å². The van der Waals surface area contributed by atoms with Gasteiger partial charge in [-0.25, -0.2) is 4.79 Å². The molecule has 2 atom stereocenters. The minimum absolute atomic E-state index is 0.168. The number of nitrogens with zero attached hydrogens (tertiary/aromatic N) is 1. The van der Waals surface area contributed by atoms with E-state index in [9.17, 15) is 18.0 Å². The molecular formula is C21H22ClF3N2O2. The highest BCUT2D eigenvalue weighted by Crippen LogP contribution is 2.30. The molecule has 1 saturated heterocycles. The number of benzene rings is 2. The van der Waals surface area contributed by atoms with Crippen LogP contribution in [0.4, 0.5) is 23.7 Å². The molecule has 1 aliphatic rings. The lowest BCUT2D eigenvalue weighted by molar-refractivity contribution is -0.207. The predicted octanol–water partition coefficient (Wildman–Crippen LogP) is 5.70. The van der Waals surface area contributed by atoms with E-state index in [2.05, 4.69) is 5.32 Å². The molecule has 0 aliphatic carbocycles. The Morgan fingerprint density at radius 3 is 2.52 bits per heavy atom. The molecule has 1 aliphatic heterocycles. The van der Waals surface area contributed by atoms with Crippen LogP contribution in [0.3, 0.4) is 0 Å². The van der Waals surface area contributed by atoms with Crippen LogP contribution < -0.4 is 5.32 Å². The number of likely N-dealkylation sites (tertiary alicyclic amines) is 1. The Morgan fingerprint density at radius 1 is 1.17 bits per heavy atom. The molecule has 2 aromatic rings. The van der Waals surface area contributed by atoms with Crippen molar-refractivity contribution >= 4 is 23.4 Å². The van der Waals surface area contributed by atoms with E-state index >= 15 is 0 Å². The molecule has 0 bridgehead atoms. The van der Waals surface area contributed by atoms with Crippen molar-refractivity contribution in [2.24, 2.45) is 0 Å². The average Bonchev–Trinajstić information content (AvgIpc) is 2.69. The van der Waals surface area contributed by atoms with Crippen LogP contribution >= 0.6 is 11.6 Å². The van der Waals surface area contributed by atoms with Crippen LogP contribution in [0.25, 0.3) is 0 Å². The van der Waals surface area contributed by atoms with E-state index in [-0.39, 0.29) is 12.5 Å². The van der Waals surface area contributed by atoms with Gasteiger partial charge in [-0.15, -0.1) is 0 Å². The highest BCUT2D eigenvalue weighted by molar-refractivity contribution is 6.30. The molecule has 3 rings (SSSR count).